The molecule has 7 nitrogen and oxygen atoms in total. The molecule has 0 unspecified atom stereocenters. The maximum atomic E-state index is 11.7. The van der Waals surface area contributed by atoms with Gasteiger partial charge in [-0.2, -0.15) is 0 Å². The molecule has 0 bridgehead atoms. The summed E-state index contributed by atoms with van der Waals surface area (Å²) in [5, 5.41) is 6.69. The van der Waals surface area contributed by atoms with Gasteiger partial charge >= 0.3 is 5.69 Å². The minimum atomic E-state index is -0.455. The molecule has 0 aliphatic rings. The molecule has 0 fully saturated rings. The Morgan fingerprint density at radius 3 is 2.72 bits per heavy atom. The second-order valence-corrected chi connectivity index (χ2v) is 4.06. The summed E-state index contributed by atoms with van der Waals surface area (Å²) in [7, 11) is 2.90. The first-order chi connectivity index (χ1) is 8.43. The topological polar surface area (TPSA) is 78.2 Å². The second-order valence-electron chi connectivity index (χ2n) is 4.06. The monoisotopic (exact) mass is 254 g/mol. The van der Waals surface area contributed by atoms with Crippen LogP contribution in [0.25, 0.3) is 0 Å². The highest BCUT2D eigenvalue weighted by molar-refractivity contribution is 5.29. The van der Waals surface area contributed by atoms with Gasteiger partial charge in [0, 0.05) is 20.6 Å². The molecule has 1 aromatic rings. The first kappa shape index (κ1) is 14.2. The average molecular weight is 254 g/mol. The van der Waals surface area contributed by atoms with Crippen LogP contribution in [0.2, 0.25) is 0 Å². The van der Waals surface area contributed by atoms with Gasteiger partial charge in [0.1, 0.15) is 0 Å². The zero-order chi connectivity index (χ0) is 13.7. The molecule has 0 aliphatic heterocycles. The van der Waals surface area contributed by atoms with E-state index in [1.54, 1.807) is 0 Å². The molecule has 0 amide bonds. The molecule has 0 saturated carbocycles. The molecule has 0 radical (unpaired) electrons. The van der Waals surface area contributed by atoms with Crippen molar-refractivity contribution >= 4 is 5.82 Å². The number of aromatic nitrogens is 3. The van der Waals surface area contributed by atoms with Crippen molar-refractivity contribution in [1.82, 2.24) is 14.3 Å². The number of nitrogens with one attached hydrogen (secondary N) is 1. The predicted molar refractivity (Wildman–Crippen MR) is 68.8 cm³/mol. The third kappa shape index (κ3) is 3.56. The standard InChI is InChI=1S/C11H18N4O3/c1-8(2)7-18-6-5-12-9-10(16)14(3)11(17)15(4)13-9/h1,5-7H2,2-4H3,(H,12,13). The first-order valence-electron chi connectivity index (χ1n) is 5.54. The summed E-state index contributed by atoms with van der Waals surface area (Å²) in [5.41, 5.74) is 0.0354. The molecule has 0 saturated heterocycles. The van der Waals surface area contributed by atoms with Crippen molar-refractivity contribution in [2.75, 3.05) is 25.1 Å². The zero-order valence-corrected chi connectivity index (χ0v) is 10.9. The first-order valence-corrected chi connectivity index (χ1v) is 5.54. The molecule has 0 aromatic carbocycles. The van der Waals surface area contributed by atoms with Crippen LogP contribution in [0.4, 0.5) is 5.82 Å². The van der Waals surface area contributed by atoms with Crippen LogP contribution in [0.3, 0.4) is 0 Å². The van der Waals surface area contributed by atoms with Crippen molar-refractivity contribution in [3.63, 3.8) is 0 Å². The predicted octanol–water partition coefficient (Wildman–Crippen LogP) is -0.516. The fourth-order valence-corrected chi connectivity index (χ4v) is 1.30. The number of rotatable bonds is 6. The molecule has 1 aromatic heterocycles. The molecular formula is C11H18N4O3. The molecule has 0 atom stereocenters. The van der Waals surface area contributed by atoms with Gasteiger partial charge in [0.15, 0.2) is 0 Å². The third-order valence-corrected chi connectivity index (χ3v) is 2.21. The highest BCUT2D eigenvalue weighted by atomic mass is 16.5. The van der Waals surface area contributed by atoms with Gasteiger partial charge in [0.05, 0.1) is 13.2 Å². The van der Waals surface area contributed by atoms with E-state index in [9.17, 15) is 9.59 Å². The van der Waals surface area contributed by atoms with E-state index in [0.717, 1.165) is 14.8 Å². The number of hydrogen-bond acceptors (Lipinski definition) is 5. The Bertz CT molecular complexity index is 544. The largest absolute Gasteiger partial charge is 0.375 e. The second kappa shape index (κ2) is 6.15. The van der Waals surface area contributed by atoms with Gasteiger partial charge < -0.3 is 10.1 Å². The number of anilines is 1. The van der Waals surface area contributed by atoms with Crippen LogP contribution in [0, 0.1) is 0 Å². The van der Waals surface area contributed by atoms with Crippen molar-refractivity contribution < 1.29 is 4.74 Å². The summed E-state index contributed by atoms with van der Waals surface area (Å²) in [4.78, 5) is 23.1. The summed E-state index contributed by atoms with van der Waals surface area (Å²) in [6, 6.07) is 0. The van der Waals surface area contributed by atoms with Crippen LogP contribution < -0.4 is 16.6 Å². The number of nitrogens with zero attached hydrogens (tertiary/aromatic N) is 3. The van der Waals surface area contributed by atoms with E-state index in [1.165, 1.54) is 14.1 Å². The molecule has 1 N–H and O–H groups in total. The molecular weight excluding hydrogens is 236 g/mol. The summed E-state index contributed by atoms with van der Waals surface area (Å²) in [5.74, 6) is 0.138. The Morgan fingerprint density at radius 1 is 1.44 bits per heavy atom. The molecule has 100 valence electrons. The van der Waals surface area contributed by atoms with Gasteiger partial charge in [0.2, 0.25) is 5.82 Å². The van der Waals surface area contributed by atoms with Crippen molar-refractivity contribution in [3.05, 3.63) is 33.0 Å². The minimum absolute atomic E-state index is 0.138. The van der Waals surface area contributed by atoms with Crippen LogP contribution in [0.1, 0.15) is 6.92 Å². The molecule has 18 heavy (non-hydrogen) atoms. The maximum absolute atomic E-state index is 11.7. The van der Waals surface area contributed by atoms with Crippen LogP contribution >= 0.6 is 0 Å². The smallest absolute Gasteiger partial charge is 0.346 e. The fourth-order valence-electron chi connectivity index (χ4n) is 1.30. The highest BCUT2D eigenvalue weighted by Gasteiger charge is 2.07. The molecule has 1 heterocycles. The van der Waals surface area contributed by atoms with E-state index in [0.29, 0.717) is 19.8 Å². The van der Waals surface area contributed by atoms with Gasteiger partial charge in [-0.15, -0.1) is 5.10 Å². The quantitative estimate of drug-likeness (QED) is 0.546. The van der Waals surface area contributed by atoms with Crippen LogP contribution in [-0.2, 0) is 18.8 Å². The van der Waals surface area contributed by atoms with Gasteiger partial charge in [0.25, 0.3) is 5.56 Å². The third-order valence-electron chi connectivity index (χ3n) is 2.21. The van der Waals surface area contributed by atoms with E-state index < -0.39 is 11.2 Å². The Morgan fingerprint density at radius 2 is 2.11 bits per heavy atom. The SMILES string of the molecule is C=C(C)COCCNc1nn(C)c(=O)n(C)c1=O. The summed E-state index contributed by atoms with van der Waals surface area (Å²) < 4.78 is 7.39. The fraction of sp³-hybridized carbons (Fsp3) is 0.545. The normalized spacial score (nSPS) is 10.4. The van der Waals surface area contributed by atoms with Crippen molar-refractivity contribution in [2.24, 2.45) is 14.1 Å². The maximum Gasteiger partial charge on any atom is 0.346 e. The van der Waals surface area contributed by atoms with E-state index in [1.807, 2.05) is 6.92 Å². The van der Waals surface area contributed by atoms with Crippen LogP contribution in [0.15, 0.2) is 21.7 Å². The van der Waals surface area contributed by atoms with Gasteiger partial charge in [-0.05, 0) is 6.92 Å². The Labute approximate surface area is 105 Å². The molecule has 1 rings (SSSR count). The van der Waals surface area contributed by atoms with Crippen molar-refractivity contribution in [1.29, 1.82) is 0 Å². The minimum Gasteiger partial charge on any atom is -0.375 e. The lowest BCUT2D eigenvalue weighted by Crippen LogP contribution is -2.40. The Balaban J connectivity index is 2.61. The number of hydrogen-bond donors (Lipinski definition) is 1. The Kier molecular flexibility index (Phi) is 4.85. The number of ether oxygens (including phenoxy) is 1. The number of aryl methyl sites for hydroxylation is 1. The van der Waals surface area contributed by atoms with E-state index in [4.69, 9.17) is 4.74 Å². The lowest BCUT2D eigenvalue weighted by Gasteiger charge is -2.08. The van der Waals surface area contributed by atoms with Gasteiger partial charge in [-0.3, -0.25) is 9.36 Å². The van der Waals surface area contributed by atoms with E-state index in [-0.39, 0.29) is 5.82 Å². The van der Waals surface area contributed by atoms with E-state index >= 15 is 0 Å². The van der Waals surface area contributed by atoms with E-state index in [2.05, 4.69) is 17.0 Å². The van der Waals surface area contributed by atoms with Crippen molar-refractivity contribution in [3.8, 4) is 0 Å². The summed E-state index contributed by atoms with van der Waals surface area (Å²) >= 11 is 0. The zero-order valence-electron chi connectivity index (χ0n) is 10.9. The average Bonchev–Trinajstić information content (AvgIpc) is 2.32. The summed E-state index contributed by atoms with van der Waals surface area (Å²) in [6.45, 7) is 6.94. The lowest BCUT2D eigenvalue weighted by molar-refractivity contribution is 0.167. The summed E-state index contributed by atoms with van der Waals surface area (Å²) in [6.07, 6.45) is 0. The molecule has 0 aliphatic carbocycles. The van der Waals surface area contributed by atoms with Crippen molar-refractivity contribution in [2.45, 2.75) is 6.92 Å². The highest BCUT2D eigenvalue weighted by Crippen LogP contribution is 1.90. The molecule has 0 spiro atoms. The van der Waals surface area contributed by atoms with Gasteiger partial charge in [-0.1, -0.05) is 12.2 Å². The van der Waals surface area contributed by atoms with Gasteiger partial charge in [-0.25, -0.2) is 9.48 Å². The lowest BCUT2D eigenvalue weighted by atomic mass is 10.4. The van der Waals surface area contributed by atoms with Crippen LogP contribution in [0.5, 0.6) is 0 Å². The Hall–Kier alpha value is -1.89. The molecule has 7 heteroatoms. The van der Waals surface area contributed by atoms with Crippen LogP contribution in [-0.4, -0.2) is 34.1 Å².